The van der Waals surface area contributed by atoms with E-state index in [9.17, 15) is 8.78 Å². The fourth-order valence-corrected chi connectivity index (χ4v) is 2.86. The van der Waals surface area contributed by atoms with Crippen LogP contribution in [0.4, 0.5) is 8.78 Å². The van der Waals surface area contributed by atoms with Gasteiger partial charge in [-0.05, 0) is 36.9 Å². The second-order valence-electron chi connectivity index (χ2n) is 4.94. The van der Waals surface area contributed by atoms with E-state index in [2.05, 4.69) is 0 Å². The molecule has 1 aliphatic rings. The van der Waals surface area contributed by atoms with Crippen LogP contribution in [-0.4, -0.2) is 6.54 Å². The molecule has 1 fully saturated rings. The molecule has 1 nitrogen and oxygen atoms in total. The molecule has 1 aromatic carbocycles. The van der Waals surface area contributed by atoms with Crippen molar-refractivity contribution in [2.45, 2.75) is 32.1 Å². The molecule has 17 heavy (non-hydrogen) atoms. The van der Waals surface area contributed by atoms with Gasteiger partial charge in [0.1, 0.15) is 11.6 Å². The van der Waals surface area contributed by atoms with Crippen LogP contribution in [0.15, 0.2) is 18.2 Å². The smallest absolute Gasteiger partial charge is 0.129 e. The van der Waals surface area contributed by atoms with Gasteiger partial charge < -0.3 is 5.73 Å². The summed E-state index contributed by atoms with van der Waals surface area (Å²) in [6.45, 7) is 0.512. The van der Waals surface area contributed by atoms with Crippen LogP contribution < -0.4 is 5.73 Å². The highest BCUT2D eigenvalue weighted by molar-refractivity contribution is 5.20. The van der Waals surface area contributed by atoms with Crippen molar-refractivity contribution >= 4 is 0 Å². The molecule has 0 spiro atoms. The Morgan fingerprint density at radius 1 is 1.18 bits per heavy atom. The third-order valence-electron chi connectivity index (χ3n) is 3.90. The average molecular weight is 239 g/mol. The van der Waals surface area contributed by atoms with Crippen molar-refractivity contribution < 1.29 is 8.78 Å². The first kappa shape index (κ1) is 12.5. The topological polar surface area (TPSA) is 26.0 Å². The lowest BCUT2D eigenvalue weighted by atomic mass is 9.85. The summed E-state index contributed by atoms with van der Waals surface area (Å²) in [5, 5.41) is 0. The van der Waals surface area contributed by atoms with Gasteiger partial charge in [-0.25, -0.2) is 8.78 Å². The van der Waals surface area contributed by atoms with Crippen LogP contribution in [0.3, 0.4) is 0 Å². The summed E-state index contributed by atoms with van der Waals surface area (Å²) in [5.41, 5.74) is 5.96. The van der Waals surface area contributed by atoms with E-state index in [1.807, 2.05) is 0 Å². The molecular weight excluding hydrogens is 220 g/mol. The summed E-state index contributed by atoms with van der Waals surface area (Å²) in [4.78, 5) is 0. The molecule has 0 saturated heterocycles. The number of rotatable bonds is 4. The lowest BCUT2D eigenvalue weighted by Crippen LogP contribution is -2.24. The van der Waals surface area contributed by atoms with E-state index in [1.54, 1.807) is 0 Å². The minimum absolute atomic E-state index is 0.204. The van der Waals surface area contributed by atoms with Crippen molar-refractivity contribution in [2.75, 3.05) is 6.54 Å². The van der Waals surface area contributed by atoms with Crippen LogP contribution in [0.5, 0.6) is 0 Å². The van der Waals surface area contributed by atoms with Gasteiger partial charge in [-0.2, -0.15) is 0 Å². The Hall–Kier alpha value is -0.960. The summed E-state index contributed by atoms with van der Waals surface area (Å²) < 4.78 is 27.1. The Balaban J connectivity index is 2.12. The lowest BCUT2D eigenvalue weighted by Gasteiger charge is -2.22. The highest BCUT2D eigenvalue weighted by atomic mass is 19.1. The van der Waals surface area contributed by atoms with E-state index in [0.29, 0.717) is 18.9 Å². The normalized spacial score (nSPS) is 18.5. The van der Waals surface area contributed by atoms with Crippen LogP contribution in [0, 0.1) is 23.5 Å². The molecule has 2 N–H and O–H groups in total. The Kier molecular flexibility index (Phi) is 4.11. The predicted octanol–water partition coefficient (Wildman–Crippen LogP) is 3.27. The number of hydrogen-bond acceptors (Lipinski definition) is 1. The zero-order valence-corrected chi connectivity index (χ0v) is 9.96. The molecule has 1 saturated carbocycles. The van der Waals surface area contributed by atoms with Gasteiger partial charge in [0, 0.05) is 5.56 Å². The maximum atomic E-state index is 13.6. The lowest BCUT2D eigenvalue weighted by molar-refractivity contribution is 0.336. The average Bonchev–Trinajstić information content (AvgIpc) is 2.82. The second kappa shape index (κ2) is 5.58. The van der Waals surface area contributed by atoms with E-state index >= 15 is 0 Å². The highest BCUT2D eigenvalue weighted by Gasteiger charge is 2.25. The van der Waals surface area contributed by atoms with Crippen molar-refractivity contribution in [1.29, 1.82) is 0 Å². The molecule has 1 unspecified atom stereocenters. The van der Waals surface area contributed by atoms with E-state index in [4.69, 9.17) is 5.73 Å². The Bertz CT molecular complexity index is 352. The Morgan fingerprint density at radius 2 is 1.76 bits per heavy atom. The fourth-order valence-electron chi connectivity index (χ4n) is 2.86. The molecule has 0 amide bonds. The number of benzene rings is 1. The monoisotopic (exact) mass is 239 g/mol. The van der Waals surface area contributed by atoms with Gasteiger partial charge >= 0.3 is 0 Å². The summed E-state index contributed by atoms with van der Waals surface area (Å²) >= 11 is 0. The molecule has 0 heterocycles. The van der Waals surface area contributed by atoms with Gasteiger partial charge in [-0.1, -0.05) is 31.7 Å². The van der Waals surface area contributed by atoms with E-state index in [1.165, 1.54) is 31.0 Å². The molecule has 94 valence electrons. The molecule has 3 heteroatoms. The first-order valence-electron chi connectivity index (χ1n) is 6.35. The molecular formula is C14H19F2N. The van der Waals surface area contributed by atoms with Crippen molar-refractivity contribution in [2.24, 2.45) is 17.6 Å². The minimum atomic E-state index is -0.443. The fraction of sp³-hybridized carbons (Fsp3) is 0.571. The molecule has 1 aliphatic carbocycles. The molecule has 2 rings (SSSR count). The molecule has 1 aromatic rings. The molecule has 0 bridgehead atoms. The van der Waals surface area contributed by atoms with E-state index in [0.717, 1.165) is 12.8 Å². The van der Waals surface area contributed by atoms with Crippen molar-refractivity contribution in [1.82, 2.24) is 0 Å². The molecule has 0 aliphatic heterocycles. The third kappa shape index (κ3) is 2.83. The number of hydrogen-bond donors (Lipinski definition) is 1. The first-order valence-corrected chi connectivity index (χ1v) is 6.35. The van der Waals surface area contributed by atoms with Gasteiger partial charge in [0.05, 0.1) is 0 Å². The number of halogens is 2. The van der Waals surface area contributed by atoms with Crippen molar-refractivity contribution in [3.63, 3.8) is 0 Å². The Labute approximate surface area is 101 Å². The van der Waals surface area contributed by atoms with Crippen LogP contribution in [-0.2, 0) is 6.42 Å². The maximum absolute atomic E-state index is 13.6. The van der Waals surface area contributed by atoms with Gasteiger partial charge in [-0.3, -0.25) is 0 Å². The summed E-state index contributed by atoms with van der Waals surface area (Å²) in [7, 11) is 0. The largest absolute Gasteiger partial charge is 0.330 e. The molecule has 0 aromatic heterocycles. The summed E-state index contributed by atoms with van der Waals surface area (Å²) in [6.07, 6.45) is 5.18. The van der Waals surface area contributed by atoms with Gasteiger partial charge in [0.15, 0.2) is 0 Å². The first-order chi connectivity index (χ1) is 8.22. The van der Waals surface area contributed by atoms with E-state index < -0.39 is 11.6 Å². The SMILES string of the molecule is NCC(Cc1c(F)cccc1F)C1CCCC1. The zero-order valence-electron chi connectivity index (χ0n) is 9.96. The van der Waals surface area contributed by atoms with Crippen LogP contribution >= 0.6 is 0 Å². The van der Waals surface area contributed by atoms with Crippen molar-refractivity contribution in [3.8, 4) is 0 Å². The number of nitrogens with two attached hydrogens (primary N) is 1. The molecule has 1 atom stereocenters. The quantitative estimate of drug-likeness (QED) is 0.857. The Morgan fingerprint density at radius 3 is 2.29 bits per heavy atom. The second-order valence-corrected chi connectivity index (χ2v) is 4.94. The van der Waals surface area contributed by atoms with Gasteiger partial charge in [0.25, 0.3) is 0 Å². The third-order valence-corrected chi connectivity index (χ3v) is 3.90. The van der Waals surface area contributed by atoms with Crippen LogP contribution in [0.25, 0.3) is 0 Å². The van der Waals surface area contributed by atoms with E-state index in [-0.39, 0.29) is 11.5 Å². The van der Waals surface area contributed by atoms with Crippen molar-refractivity contribution in [3.05, 3.63) is 35.4 Å². The van der Waals surface area contributed by atoms with Crippen LogP contribution in [0.2, 0.25) is 0 Å². The van der Waals surface area contributed by atoms with Gasteiger partial charge in [0.2, 0.25) is 0 Å². The summed E-state index contributed by atoms with van der Waals surface area (Å²) in [6, 6.07) is 4.04. The standard InChI is InChI=1S/C14H19F2N/c15-13-6-3-7-14(16)12(13)8-11(9-17)10-4-1-2-5-10/h3,6-7,10-11H,1-2,4-5,8-9,17H2. The summed E-state index contributed by atoms with van der Waals surface area (Å²) in [5.74, 6) is -0.134. The minimum Gasteiger partial charge on any atom is -0.330 e. The predicted molar refractivity (Wildman–Crippen MR) is 64.6 cm³/mol. The van der Waals surface area contributed by atoms with Gasteiger partial charge in [-0.15, -0.1) is 0 Å². The maximum Gasteiger partial charge on any atom is 0.129 e. The van der Waals surface area contributed by atoms with Crippen LogP contribution in [0.1, 0.15) is 31.2 Å². The molecule has 0 radical (unpaired) electrons. The highest BCUT2D eigenvalue weighted by Crippen LogP contribution is 2.33. The zero-order chi connectivity index (χ0) is 12.3.